The lowest BCUT2D eigenvalue weighted by molar-refractivity contribution is 0.527. The van der Waals surface area contributed by atoms with Crippen LogP contribution in [0.3, 0.4) is 0 Å². The first-order chi connectivity index (χ1) is 8.61. The van der Waals surface area contributed by atoms with E-state index in [1.807, 2.05) is 19.9 Å². The molecule has 0 aliphatic carbocycles. The summed E-state index contributed by atoms with van der Waals surface area (Å²) in [6.07, 6.45) is 3.55. The van der Waals surface area contributed by atoms with Gasteiger partial charge in [-0.2, -0.15) is 0 Å². The fourth-order valence-corrected chi connectivity index (χ4v) is 2.51. The molecule has 0 aliphatic heterocycles. The molecule has 0 aromatic carbocycles. The normalized spacial score (nSPS) is 10.8. The van der Waals surface area contributed by atoms with Crippen LogP contribution in [0.2, 0.25) is 0 Å². The van der Waals surface area contributed by atoms with Gasteiger partial charge in [0.2, 0.25) is 0 Å². The molecule has 0 atom stereocenters. The first kappa shape index (κ1) is 13.0. The van der Waals surface area contributed by atoms with E-state index in [-0.39, 0.29) is 0 Å². The van der Waals surface area contributed by atoms with Crippen molar-refractivity contribution in [1.29, 1.82) is 0 Å². The van der Waals surface area contributed by atoms with Gasteiger partial charge in [0, 0.05) is 12.0 Å². The van der Waals surface area contributed by atoms with Gasteiger partial charge in [-0.1, -0.05) is 18.7 Å². The minimum atomic E-state index is 0.567. The molecule has 0 aliphatic rings. The van der Waals surface area contributed by atoms with Crippen LogP contribution in [0.5, 0.6) is 0 Å². The van der Waals surface area contributed by atoms with Crippen molar-refractivity contribution < 1.29 is 4.42 Å². The third kappa shape index (κ3) is 2.67. The summed E-state index contributed by atoms with van der Waals surface area (Å²) < 4.78 is 5.29. The standard InChI is InChI=1S/C13H17N3OS/c1-4-5-11-15-12(14)8(2)13(16-11)18-10-6-7-17-9(10)3/h6-7H,4-5H2,1-3H3,(H2,14,15,16). The van der Waals surface area contributed by atoms with Crippen LogP contribution in [0, 0.1) is 13.8 Å². The number of anilines is 1. The zero-order valence-electron chi connectivity index (χ0n) is 10.9. The molecule has 96 valence electrons. The number of hydrogen-bond acceptors (Lipinski definition) is 5. The second-order valence-corrected chi connectivity index (χ2v) is 5.18. The summed E-state index contributed by atoms with van der Waals surface area (Å²) in [5.74, 6) is 2.27. The highest BCUT2D eigenvalue weighted by Crippen LogP contribution is 2.33. The number of nitrogens with zero attached hydrogens (tertiary/aromatic N) is 2. The Morgan fingerprint density at radius 1 is 1.33 bits per heavy atom. The number of hydrogen-bond donors (Lipinski definition) is 1. The van der Waals surface area contributed by atoms with Crippen LogP contribution in [0.15, 0.2) is 26.7 Å². The van der Waals surface area contributed by atoms with E-state index in [9.17, 15) is 0 Å². The van der Waals surface area contributed by atoms with Crippen LogP contribution in [0.1, 0.15) is 30.5 Å². The van der Waals surface area contributed by atoms with Crippen LogP contribution in [0.25, 0.3) is 0 Å². The molecular weight excluding hydrogens is 246 g/mol. The third-order valence-electron chi connectivity index (χ3n) is 2.68. The Morgan fingerprint density at radius 2 is 2.11 bits per heavy atom. The fourth-order valence-electron chi connectivity index (χ4n) is 1.58. The van der Waals surface area contributed by atoms with Crippen LogP contribution >= 0.6 is 11.8 Å². The van der Waals surface area contributed by atoms with Gasteiger partial charge in [0.1, 0.15) is 22.4 Å². The SMILES string of the molecule is CCCc1nc(N)c(C)c(Sc2ccoc2C)n1. The van der Waals surface area contributed by atoms with E-state index in [0.717, 1.165) is 39.9 Å². The number of nitrogen functional groups attached to an aromatic ring is 1. The van der Waals surface area contributed by atoms with Crippen molar-refractivity contribution >= 4 is 17.6 Å². The van der Waals surface area contributed by atoms with Gasteiger partial charge in [-0.05, 0) is 26.3 Å². The lowest BCUT2D eigenvalue weighted by Crippen LogP contribution is -2.04. The average molecular weight is 263 g/mol. The van der Waals surface area contributed by atoms with Crippen molar-refractivity contribution in [2.45, 2.75) is 43.5 Å². The molecule has 0 radical (unpaired) electrons. The maximum Gasteiger partial charge on any atom is 0.132 e. The zero-order valence-corrected chi connectivity index (χ0v) is 11.7. The molecule has 0 spiro atoms. The Balaban J connectivity index is 2.34. The van der Waals surface area contributed by atoms with E-state index in [2.05, 4.69) is 16.9 Å². The molecule has 4 nitrogen and oxygen atoms in total. The summed E-state index contributed by atoms with van der Waals surface area (Å²) in [5, 5.41) is 0.912. The van der Waals surface area contributed by atoms with E-state index in [1.165, 1.54) is 0 Å². The van der Waals surface area contributed by atoms with Crippen LogP contribution in [0.4, 0.5) is 5.82 Å². The van der Waals surface area contributed by atoms with Crippen molar-refractivity contribution in [2.24, 2.45) is 0 Å². The maximum atomic E-state index is 5.93. The molecule has 5 heteroatoms. The number of aryl methyl sites for hydroxylation is 2. The molecule has 0 saturated carbocycles. The average Bonchev–Trinajstić information content (AvgIpc) is 2.72. The van der Waals surface area contributed by atoms with Gasteiger partial charge >= 0.3 is 0 Å². The van der Waals surface area contributed by atoms with Crippen molar-refractivity contribution in [2.75, 3.05) is 5.73 Å². The molecule has 2 heterocycles. The van der Waals surface area contributed by atoms with Crippen molar-refractivity contribution in [3.05, 3.63) is 29.5 Å². The largest absolute Gasteiger partial charge is 0.468 e. The quantitative estimate of drug-likeness (QED) is 0.857. The van der Waals surface area contributed by atoms with Gasteiger partial charge in [-0.25, -0.2) is 9.97 Å². The first-order valence-corrected chi connectivity index (χ1v) is 6.78. The van der Waals surface area contributed by atoms with Crippen molar-refractivity contribution in [3.8, 4) is 0 Å². The molecule has 0 amide bonds. The summed E-state index contributed by atoms with van der Waals surface area (Å²) in [7, 11) is 0. The number of rotatable bonds is 4. The molecule has 0 saturated heterocycles. The molecule has 0 fully saturated rings. The summed E-state index contributed by atoms with van der Waals surface area (Å²) in [5.41, 5.74) is 6.86. The van der Waals surface area contributed by atoms with Gasteiger partial charge in [-0.15, -0.1) is 0 Å². The topological polar surface area (TPSA) is 64.9 Å². The predicted molar refractivity (Wildman–Crippen MR) is 72.7 cm³/mol. The Hall–Kier alpha value is -1.49. The summed E-state index contributed by atoms with van der Waals surface area (Å²) in [4.78, 5) is 9.94. The van der Waals surface area contributed by atoms with Crippen molar-refractivity contribution in [1.82, 2.24) is 9.97 Å². The van der Waals surface area contributed by atoms with E-state index >= 15 is 0 Å². The van der Waals surface area contributed by atoms with Crippen LogP contribution in [-0.2, 0) is 6.42 Å². The summed E-state index contributed by atoms with van der Waals surface area (Å²) in [6.45, 7) is 5.99. The van der Waals surface area contributed by atoms with Crippen LogP contribution in [-0.4, -0.2) is 9.97 Å². The lowest BCUT2D eigenvalue weighted by atomic mass is 10.3. The third-order valence-corrected chi connectivity index (χ3v) is 3.91. The fraction of sp³-hybridized carbons (Fsp3) is 0.385. The molecule has 2 N–H and O–H groups in total. The molecule has 0 bridgehead atoms. The molecular formula is C13H17N3OS. The van der Waals surface area contributed by atoms with E-state index in [0.29, 0.717) is 5.82 Å². The van der Waals surface area contributed by atoms with Gasteiger partial charge in [0.25, 0.3) is 0 Å². The molecule has 2 rings (SSSR count). The Morgan fingerprint density at radius 3 is 2.72 bits per heavy atom. The highest BCUT2D eigenvalue weighted by atomic mass is 32.2. The van der Waals surface area contributed by atoms with Gasteiger partial charge < -0.3 is 10.2 Å². The monoisotopic (exact) mass is 263 g/mol. The Kier molecular flexibility index (Phi) is 3.91. The van der Waals surface area contributed by atoms with Crippen LogP contribution < -0.4 is 5.73 Å². The molecule has 2 aromatic heterocycles. The number of nitrogens with two attached hydrogens (primary N) is 1. The van der Waals surface area contributed by atoms with Gasteiger partial charge in [0.05, 0.1) is 11.2 Å². The van der Waals surface area contributed by atoms with Gasteiger partial charge in [-0.3, -0.25) is 0 Å². The van der Waals surface area contributed by atoms with E-state index in [1.54, 1.807) is 18.0 Å². The maximum absolute atomic E-state index is 5.93. The second-order valence-electron chi connectivity index (χ2n) is 4.15. The molecule has 2 aromatic rings. The smallest absolute Gasteiger partial charge is 0.132 e. The highest BCUT2D eigenvalue weighted by molar-refractivity contribution is 7.99. The highest BCUT2D eigenvalue weighted by Gasteiger charge is 2.12. The van der Waals surface area contributed by atoms with Crippen molar-refractivity contribution in [3.63, 3.8) is 0 Å². The summed E-state index contributed by atoms with van der Waals surface area (Å²) >= 11 is 1.58. The zero-order chi connectivity index (χ0) is 13.1. The molecule has 18 heavy (non-hydrogen) atoms. The lowest BCUT2D eigenvalue weighted by Gasteiger charge is -2.08. The van der Waals surface area contributed by atoms with Gasteiger partial charge in [0.15, 0.2) is 0 Å². The summed E-state index contributed by atoms with van der Waals surface area (Å²) in [6, 6.07) is 1.94. The second kappa shape index (κ2) is 5.44. The Bertz CT molecular complexity index is 551. The molecule has 0 unspecified atom stereocenters. The number of aromatic nitrogens is 2. The minimum absolute atomic E-state index is 0.567. The first-order valence-electron chi connectivity index (χ1n) is 5.96. The predicted octanol–water partition coefficient (Wildman–Crippen LogP) is 3.37. The minimum Gasteiger partial charge on any atom is -0.468 e. The number of furan rings is 1. The van der Waals surface area contributed by atoms with E-state index < -0.39 is 0 Å². The van der Waals surface area contributed by atoms with E-state index in [4.69, 9.17) is 10.2 Å². The Labute approximate surface area is 111 Å².